The van der Waals surface area contributed by atoms with Crippen molar-refractivity contribution in [1.82, 2.24) is 9.88 Å². The van der Waals surface area contributed by atoms with E-state index in [1.54, 1.807) is 0 Å². The number of halogens is 2. The zero-order valence-corrected chi connectivity index (χ0v) is 16.5. The van der Waals surface area contributed by atoms with E-state index in [4.69, 9.17) is 4.74 Å². The predicted octanol–water partition coefficient (Wildman–Crippen LogP) is 4.87. The summed E-state index contributed by atoms with van der Waals surface area (Å²) in [5.41, 5.74) is 2.98. The maximum atomic E-state index is 13.8. The molecule has 1 saturated heterocycles. The molecule has 2 aromatic carbocycles. The fourth-order valence-electron chi connectivity index (χ4n) is 3.59. The summed E-state index contributed by atoms with van der Waals surface area (Å²) in [7, 11) is 0. The second-order valence-corrected chi connectivity index (χ2v) is 8.19. The Labute approximate surface area is 165 Å². The van der Waals surface area contributed by atoms with E-state index >= 15 is 0 Å². The highest BCUT2D eigenvalue weighted by atomic mass is 32.1. The van der Waals surface area contributed by atoms with Gasteiger partial charge in [-0.3, -0.25) is 4.79 Å². The molecule has 0 radical (unpaired) electrons. The third-order valence-corrected chi connectivity index (χ3v) is 5.75. The maximum absolute atomic E-state index is 13.8. The van der Waals surface area contributed by atoms with Crippen molar-refractivity contribution in [3.63, 3.8) is 0 Å². The van der Waals surface area contributed by atoms with E-state index in [0.717, 1.165) is 28.5 Å². The lowest BCUT2D eigenvalue weighted by molar-refractivity contribution is 0.0595. The number of rotatable bonds is 3. The lowest BCUT2D eigenvalue weighted by Crippen LogP contribution is -2.41. The molecule has 1 aliphatic heterocycles. The number of benzene rings is 2. The molecule has 3 aromatic rings. The van der Waals surface area contributed by atoms with Gasteiger partial charge in [-0.15, -0.1) is 0 Å². The third kappa shape index (κ3) is 3.85. The van der Waals surface area contributed by atoms with Crippen molar-refractivity contribution in [2.75, 3.05) is 13.1 Å². The van der Waals surface area contributed by atoms with Gasteiger partial charge in [0.05, 0.1) is 4.70 Å². The predicted molar refractivity (Wildman–Crippen MR) is 105 cm³/mol. The molecule has 146 valence electrons. The van der Waals surface area contributed by atoms with Gasteiger partial charge in [0.15, 0.2) is 5.82 Å². The molecular formula is C21H20F2N2O2S. The number of aryl methyl sites for hydroxylation is 2. The van der Waals surface area contributed by atoms with Crippen molar-refractivity contribution >= 4 is 27.5 Å². The molecule has 0 aliphatic carbocycles. The second kappa shape index (κ2) is 7.47. The number of hydrogen-bond acceptors (Lipinski definition) is 4. The van der Waals surface area contributed by atoms with Crippen LogP contribution in [0.5, 0.6) is 5.19 Å². The molecule has 4 rings (SSSR count). The van der Waals surface area contributed by atoms with Crippen LogP contribution in [0.25, 0.3) is 10.2 Å². The molecule has 0 unspecified atom stereocenters. The van der Waals surface area contributed by atoms with Crippen LogP contribution in [0.15, 0.2) is 30.3 Å². The first-order valence-electron chi connectivity index (χ1n) is 9.19. The van der Waals surface area contributed by atoms with Crippen LogP contribution >= 0.6 is 11.3 Å². The normalized spacial score (nSPS) is 15.2. The van der Waals surface area contributed by atoms with Crippen molar-refractivity contribution in [2.45, 2.75) is 32.8 Å². The number of carbonyl (C=O) groups excluding carboxylic acids is 1. The van der Waals surface area contributed by atoms with Gasteiger partial charge in [0.25, 0.3) is 11.1 Å². The molecule has 0 spiro atoms. The average Bonchev–Trinajstić information content (AvgIpc) is 3.03. The SMILES string of the molecule is Cc1cc(C)cc(C(=O)N2CCC(Oc3nc4c(F)cc(F)cc4s3)CC2)c1. The van der Waals surface area contributed by atoms with Crippen molar-refractivity contribution < 1.29 is 18.3 Å². The van der Waals surface area contributed by atoms with Crippen molar-refractivity contribution in [2.24, 2.45) is 0 Å². The topological polar surface area (TPSA) is 42.4 Å². The van der Waals surface area contributed by atoms with Crippen LogP contribution in [-0.4, -0.2) is 35.0 Å². The summed E-state index contributed by atoms with van der Waals surface area (Å²) in [6.07, 6.45) is 1.24. The lowest BCUT2D eigenvalue weighted by atomic mass is 10.0. The second-order valence-electron chi connectivity index (χ2n) is 7.20. The van der Waals surface area contributed by atoms with Crippen LogP contribution in [-0.2, 0) is 0 Å². The minimum atomic E-state index is -0.685. The number of piperidine rings is 1. The molecule has 2 heterocycles. The Morgan fingerprint density at radius 1 is 1.11 bits per heavy atom. The van der Waals surface area contributed by atoms with Crippen LogP contribution in [0.3, 0.4) is 0 Å². The number of amides is 1. The standard InChI is InChI=1S/C21H20F2N2O2S/c1-12-7-13(2)9-14(8-12)20(26)25-5-3-16(4-6-25)27-21-24-19-17(23)10-15(22)11-18(19)28-21/h7-11,16H,3-6H2,1-2H3. The van der Waals surface area contributed by atoms with Crippen LogP contribution in [0.4, 0.5) is 8.78 Å². The summed E-state index contributed by atoms with van der Waals surface area (Å²) < 4.78 is 33.4. The summed E-state index contributed by atoms with van der Waals surface area (Å²) in [5, 5.41) is 0.332. The van der Waals surface area contributed by atoms with E-state index in [9.17, 15) is 13.6 Å². The van der Waals surface area contributed by atoms with Gasteiger partial charge in [0.2, 0.25) is 0 Å². The van der Waals surface area contributed by atoms with Crippen molar-refractivity contribution in [1.29, 1.82) is 0 Å². The first-order valence-corrected chi connectivity index (χ1v) is 10.0. The number of carbonyl (C=O) groups is 1. The van der Waals surface area contributed by atoms with Crippen LogP contribution in [0.2, 0.25) is 0 Å². The molecule has 4 nitrogen and oxygen atoms in total. The Hall–Kier alpha value is -2.54. The Kier molecular flexibility index (Phi) is 5.02. The van der Waals surface area contributed by atoms with Gasteiger partial charge in [-0.2, -0.15) is 4.98 Å². The number of aromatic nitrogens is 1. The molecule has 28 heavy (non-hydrogen) atoms. The fraction of sp³-hybridized carbons (Fsp3) is 0.333. The molecule has 1 amide bonds. The first-order chi connectivity index (χ1) is 13.4. The van der Waals surface area contributed by atoms with E-state index in [2.05, 4.69) is 4.98 Å². The summed E-state index contributed by atoms with van der Waals surface area (Å²) >= 11 is 1.13. The van der Waals surface area contributed by atoms with Gasteiger partial charge in [-0.25, -0.2) is 8.78 Å². The largest absolute Gasteiger partial charge is 0.467 e. The molecule has 0 bridgehead atoms. The zero-order chi connectivity index (χ0) is 19.8. The molecular weight excluding hydrogens is 382 g/mol. The van der Waals surface area contributed by atoms with Gasteiger partial charge in [0, 0.05) is 37.6 Å². The average molecular weight is 402 g/mol. The Balaban J connectivity index is 1.40. The highest BCUT2D eigenvalue weighted by Crippen LogP contribution is 2.32. The van der Waals surface area contributed by atoms with Crippen LogP contribution in [0.1, 0.15) is 34.3 Å². The van der Waals surface area contributed by atoms with Crippen LogP contribution < -0.4 is 4.74 Å². The highest BCUT2D eigenvalue weighted by Gasteiger charge is 2.26. The van der Waals surface area contributed by atoms with E-state index in [0.29, 0.717) is 41.4 Å². The molecule has 0 N–H and O–H groups in total. The molecule has 0 atom stereocenters. The van der Waals surface area contributed by atoms with Crippen LogP contribution in [0, 0.1) is 25.5 Å². The number of likely N-dealkylation sites (tertiary alicyclic amines) is 1. The van der Waals surface area contributed by atoms with Gasteiger partial charge < -0.3 is 9.64 Å². The lowest BCUT2D eigenvalue weighted by Gasteiger charge is -2.31. The Morgan fingerprint density at radius 3 is 2.46 bits per heavy atom. The molecule has 1 aromatic heterocycles. The summed E-state index contributed by atoms with van der Waals surface area (Å²) in [6.45, 7) is 5.14. The van der Waals surface area contributed by atoms with E-state index in [1.165, 1.54) is 6.07 Å². The number of thiazole rings is 1. The van der Waals surface area contributed by atoms with Gasteiger partial charge in [0.1, 0.15) is 17.4 Å². The number of ether oxygens (including phenoxy) is 1. The van der Waals surface area contributed by atoms with Gasteiger partial charge in [-0.1, -0.05) is 28.5 Å². The summed E-state index contributed by atoms with van der Waals surface area (Å²) in [4.78, 5) is 18.7. The third-order valence-electron chi connectivity index (χ3n) is 4.86. The van der Waals surface area contributed by atoms with Crippen molar-refractivity contribution in [3.05, 3.63) is 58.7 Å². The number of nitrogens with zero attached hydrogens (tertiary/aromatic N) is 2. The molecule has 0 saturated carbocycles. The Morgan fingerprint density at radius 2 is 1.79 bits per heavy atom. The quantitative estimate of drug-likeness (QED) is 0.627. The zero-order valence-electron chi connectivity index (χ0n) is 15.7. The van der Waals surface area contributed by atoms with Gasteiger partial charge >= 0.3 is 0 Å². The molecule has 1 fully saturated rings. The molecule has 1 aliphatic rings. The molecule has 7 heteroatoms. The maximum Gasteiger partial charge on any atom is 0.274 e. The number of fused-ring (bicyclic) bond motifs is 1. The monoisotopic (exact) mass is 402 g/mol. The Bertz CT molecular complexity index is 1020. The minimum Gasteiger partial charge on any atom is -0.467 e. The van der Waals surface area contributed by atoms with Crippen molar-refractivity contribution in [3.8, 4) is 5.19 Å². The first kappa shape index (κ1) is 18.8. The van der Waals surface area contributed by atoms with E-state index in [1.807, 2.05) is 36.9 Å². The van der Waals surface area contributed by atoms with E-state index in [-0.39, 0.29) is 17.5 Å². The number of hydrogen-bond donors (Lipinski definition) is 0. The highest BCUT2D eigenvalue weighted by molar-refractivity contribution is 7.20. The fourth-order valence-corrected chi connectivity index (χ4v) is 4.51. The minimum absolute atomic E-state index is 0.0304. The smallest absolute Gasteiger partial charge is 0.274 e. The summed E-state index contributed by atoms with van der Waals surface area (Å²) in [6, 6.07) is 7.94. The summed E-state index contributed by atoms with van der Waals surface area (Å²) in [5.74, 6) is -1.28. The van der Waals surface area contributed by atoms with E-state index < -0.39 is 11.6 Å². The van der Waals surface area contributed by atoms with Gasteiger partial charge in [-0.05, 0) is 32.0 Å².